The molecule has 7 nitrogen and oxygen atoms in total. The fraction of sp³-hybridized carbons (Fsp3) is 0.481. The summed E-state index contributed by atoms with van der Waals surface area (Å²) in [5.41, 5.74) is 4.59. The minimum atomic E-state index is 0.300. The van der Waals surface area contributed by atoms with Gasteiger partial charge in [0.25, 0.3) is 0 Å². The molecule has 0 spiro atoms. The summed E-state index contributed by atoms with van der Waals surface area (Å²) in [4.78, 5) is 19.2. The highest BCUT2D eigenvalue weighted by atomic mass is 16.5. The minimum absolute atomic E-state index is 0.300. The van der Waals surface area contributed by atoms with E-state index in [9.17, 15) is 4.79 Å². The number of hydrogen-bond donors (Lipinski definition) is 0. The van der Waals surface area contributed by atoms with Crippen LogP contribution in [0.2, 0.25) is 0 Å². The van der Waals surface area contributed by atoms with E-state index in [1.807, 2.05) is 15.6 Å². The van der Waals surface area contributed by atoms with Crippen molar-refractivity contribution in [1.29, 1.82) is 0 Å². The van der Waals surface area contributed by atoms with E-state index in [1.165, 1.54) is 5.69 Å². The van der Waals surface area contributed by atoms with Crippen molar-refractivity contribution < 1.29 is 9.53 Å². The number of piperazine rings is 1. The van der Waals surface area contributed by atoms with Gasteiger partial charge in [0, 0.05) is 63.1 Å². The summed E-state index contributed by atoms with van der Waals surface area (Å²) < 4.78 is 8.18. The molecular weight excluding hydrogens is 426 g/mol. The fourth-order valence-electron chi connectivity index (χ4n) is 5.20. The summed E-state index contributed by atoms with van der Waals surface area (Å²) >= 11 is 0. The first-order valence-corrected chi connectivity index (χ1v) is 12.6. The van der Waals surface area contributed by atoms with E-state index >= 15 is 0 Å². The molecule has 1 saturated carbocycles. The van der Waals surface area contributed by atoms with Crippen molar-refractivity contribution in [2.75, 3.05) is 51.2 Å². The van der Waals surface area contributed by atoms with E-state index in [1.54, 1.807) is 0 Å². The number of carbonyl (C=O) groups excluding carboxylic acids is 1. The average molecular weight is 460 g/mol. The number of likely N-dealkylation sites (tertiary alicyclic amines) is 1. The molecule has 0 bridgehead atoms. The van der Waals surface area contributed by atoms with Crippen LogP contribution in [0.4, 0.5) is 5.69 Å². The van der Waals surface area contributed by atoms with Crippen LogP contribution >= 0.6 is 0 Å². The number of benzene rings is 1. The van der Waals surface area contributed by atoms with Gasteiger partial charge in [0.1, 0.15) is 11.9 Å². The molecule has 2 aromatic heterocycles. The third kappa shape index (κ3) is 4.37. The molecule has 3 aromatic rings. The van der Waals surface area contributed by atoms with Gasteiger partial charge in [-0.25, -0.2) is 4.52 Å². The zero-order valence-corrected chi connectivity index (χ0v) is 19.9. The number of amides is 1. The van der Waals surface area contributed by atoms with Crippen LogP contribution in [0, 0.1) is 5.92 Å². The van der Waals surface area contributed by atoms with Crippen LogP contribution in [0.3, 0.4) is 0 Å². The number of nitrogens with zero attached hydrogens (tertiary/aromatic N) is 5. The van der Waals surface area contributed by atoms with E-state index in [-0.39, 0.29) is 0 Å². The molecule has 1 aromatic carbocycles. The predicted molar refractivity (Wildman–Crippen MR) is 133 cm³/mol. The summed E-state index contributed by atoms with van der Waals surface area (Å²) in [6.07, 6.45) is 8.59. The van der Waals surface area contributed by atoms with E-state index in [0.717, 1.165) is 87.3 Å². The van der Waals surface area contributed by atoms with Gasteiger partial charge in [0.2, 0.25) is 5.91 Å². The van der Waals surface area contributed by atoms with Gasteiger partial charge in [-0.05, 0) is 62.6 Å². The number of piperidine rings is 1. The van der Waals surface area contributed by atoms with Crippen molar-refractivity contribution in [3.63, 3.8) is 0 Å². The number of fused-ring (bicyclic) bond motifs is 1. The van der Waals surface area contributed by atoms with Crippen LogP contribution in [0.5, 0.6) is 5.75 Å². The number of ether oxygens (including phenoxy) is 1. The third-order valence-electron chi connectivity index (χ3n) is 7.50. The number of anilines is 1. The van der Waals surface area contributed by atoms with Gasteiger partial charge in [0.05, 0.1) is 11.2 Å². The fourth-order valence-corrected chi connectivity index (χ4v) is 5.20. The van der Waals surface area contributed by atoms with Gasteiger partial charge in [-0.2, -0.15) is 5.10 Å². The van der Waals surface area contributed by atoms with Crippen molar-refractivity contribution in [3.05, 3.63) is 48.8 Å². The van der Waals surface area contributed by atoms with Gasteiger partial charge >= 0.3 is 0 Å². The molecular formula is C27H33N5O2. The average Bonchev–Trinajstić information content (AvgIpc) is 3.63. The molecule has 3 aliphatic rings. The molecule has 2 aliphatic heterocycles. The molecule has 1 amide bonds. The second-order valence-corrected chi connectivity index (χ2v) is 10.0. The van der Waals surface area contributed by atoms with E-state index in [4.69, 9.17) is 4.74 Å². The van der Waals surface area contributed by atoms with Crippen LogP contribution < -0.4 is 9.64 Å². The molecule has 34 heavy (non-hydrogen) atoms. The topological polar surface area (TPSA) is 53.3 Å². The molecule has 4 heterocycles. The molecule has 1 aliphatic carbocycles. The minimum Gasteiger partial charge on any atom is -0.490 e. The lowest BCUT2D eigenvalue weighted by atomic mass is 10.1. The Morgan fingerprint density at radius 2 is 1.65 bits per heavy atom. The monoisotopic (exact) mass is 459 g/mol. The summed E-state index contributed by atoms with van der Waals surface area (Å²) in [7, 11) is 2.17. The SMILES string of the molecule is CN1CCC(Oc2ccc(-c3cc4c(N5CCN(C(=O)C6CC6)CC5)ccnn4c3)cc2)CC1. The second kappa shape index (κ2) is 8.95. The van der Waals surface area contributed by atoms with Crippen molar-refractivity contribution >= 4 is 17.1 Å². The molecule has 6 rings (SSSR count). The van der Waals surface area contributed by atoms with Gasteiger partial charge in [-0.3, -0.25) is 4.79 Å². The van der Waals surface area contributed by atoms with Crippen molar-refractivity contribution in [3.8, 4) is 16.9 Å². The van der Waals surface area contributed by atoms with Crippen molar-refractivity contribution in [1.82, 2.24) is 19.4 Å². The molecule has 0 radical (unpaired) electrons. The lowest BCUT2D eigenvalue weighted by Gasteiger charge is -2.36. The van der Waals surface area contributed by atoms with Crippen LogP contribution in [0.1, 0.15) is 25.7 Å². The number of rotatable bonds is 5. The smallest absolute Gasteiger partial charge is 0.225 e. The molecule has 2 saturated heterocycles. The van der Waals surface area contributed by atoms with Gasteiger partial charge in [-0.1, -0.05) is 12.1 Å². The van der Waals surface area contributed by atoms with Gasteiger partial charge in [0.15, 0.2) is 0 Å². The maximum absolute atomic E-state index is 12.4. The normalized spacial score (nSPS) is 20.1. The van der Waals surface area contributed by atoms with E-state index in [0.29, 0.717) is 17.9 Å². The van der Waals surface area contributed by atoms with Crippen LogP contribution in [-0.2, 0) is 4.79 Å². The first-order chi connectivity index (χ1) is 16.6. The summed E-state index contributed by atoms with van der Waals surface area (Å²) in [6, 6.07) is 12.8. The molecule has 178 valence electrons. The van der Waals surface area contributed by atoms with E-state index < -0.39 is 0 Å². The molecule has 0 unspecified atom stereocenters. The molecule has 0 N–H and O–H groups in total. The standard InChI is InChI=1S/C27H33N5O2/c1-29-12-9-24(10-13-29)34-23-6-4-20(5-7-23)22-18-26-25(8-11-28-32(26)19-22)30-14-16-31(17-15-30)27(33)21-2-3-21/h4-8,11,18-19,21,24H,2-3,9-10,12-17H2,1H3. The Labute approximate surface area is 200 Å². The Morgan fingerprint density at radius 3 is 2.35 bits per heavy atom. The van der Waals surface area contributed by atoms with Crippen molar-refractivity contribution in [2.45, 2.75) is 31.8 Å². The van der Waals surface area contributed by atoms with E-state index in [2.05, 4.69) is 64.5 Å². The van der Waals surface area contributed by atoms with Gasteiger partial charge in [-0.15, -0.1) is 0 Å². The highest BCUT2D eigenvalue weighted by molar-refractivity contribution is 5.82. The zero-order valence-electron chi connectivity index (χ0n) is 19.9. The number of carbonyl (C=O) groups is 1. The Morgan fingerprint density at radius 1 is 0.912 bits per heavy atom. The van der Waals surface area contributed by atoms with Crippen molar-refractivity contribution in [2.24, 2.45) is 5.92 Å². The highest BCUT2D eigenvalue weighted by Crippen LogP contribution is 2.33. The third-order valence-corrected chi connectivity index (χ3v) is 7.50. The Kier molecular flexibility index (Phi) is 5.65. The van der Waals surface area contributed by atoms with Crippen LogP contribution in [0.25, 0.3) is 16.6 Å². The lowest BCUT2D eigenvalue weighted by Crippen LogP contribution is -2.49. The number of hydrogen-bond acceptors (Lipinski definition) is 5. The Bertz CT molecular complexity index is 1150. The predicted octanol–water partition coefficient (Wildman–Crippen LogP) is 3.53. The summed E-state index contributed by atoms with van der Waals surface area (Å²) in [5, 5.41) is 4.56. The lowest BCUT2D eigenvalue weighted by molar-refractivity contribution is -0.132. The maximum Gasteiger partial charge on any atom is 0.225 e. The van der Waals surface area contributed by atoms with Crippen LogP contribution in [0.15, 0.2) is 48.8 Å². The zero-order chi connectivity index (χ0) is 23.1. The van der Waals surface area contributed by atoms with Crippen LogP contribution in [-0.4, -0.2) is 77.7 Å². The Balaban J connectivity index is 1.16. The first kappa shape index (κ1) is 21.5. The maximum atomic E-state index is 12.4. The van der Waals surface area contributed by atoms with Gasteiger partial charge < -0.3 is 19.4 Å². The molecule has 0 atom stereocenters. The summed E-state index contributed by atoms with van der Waals surface area (Å²) in [6.45, 7) is 5.53. The Hall–Kier alpha value is -3.06. The molecule has 7 heteroatoms. The highest BCUT2D eigenvalue weighted by Gasteiger charge is 2.34. The summed E-state index contributed by atoms with van der Waals surface area (Å²) in [5.74, 6) is 1.60. The second-order valence-electron chi connectivity index (χ2n) is 10.0. The molecule has 3 fully saturated rings. The largest absolute Gasteiger partial charge is 0.490 e. The number of aromatic nitrogens is 2. The quantitative estimate of drug-likeness (QED) is 0.584. The first-order valence-electron chi connectivity index (χ1n) is 12.6.